The molecule has 0 heterocycles. The minimum atomic E-state index is 1.21. The number of quaternary nitrogens is 2. The Kier molecular flexibility index (Phi) is 26.7. The van der Waals surface area contributed by atoms with Gasteiger partial charge in [0.1, 0.15) is 0 Å². The minimum absolute atomic E-state index is 1.21. The van der Waals surface area contributed by atoms with Crippen LogP contribution in [0.1, 0.15) is 162 Å². The Bertz CT molecular complexity index is 492. The number of nitrogens with zero attached hydrogens (tertiary/aromatic N) is 3. The van der Waals surface area contributed by atoms with E-state index in [2.05, 4.69) is 53.9 Å². The standard InChI is InChI=1S/C36H79N3/c1-8-11-13-15-17-19-21-23-25-27-31-37(4)32-29-35-39(7,10-3)36-30-34-38(5,6)33-28-26-24-22-20-18-16-14-12-9-2/h8-36H2,1-7H3/q+2. The molecule has 3 heteroatoms. The first-order valence-corrected chi connectivity index (χ1v) is 18.1. The van der Waals surface area contributed by atoms with Crippen LogP contribution in [0.3, 0.4) is 0 Å². The summed E-state index contributed by atoms with van der Waals surface area (Å²) in [5, 5.41) is 0. The van der Waals surface area contributed by atoms with Crippen molar-refractivity contribution in [3.63, 3.8) is 0 Å². The third-order valence-electron chi connectivity index (χ3n) is 9.47. The van der Waals surface area contributed by atoms with Gasteiger partial charge in [-0.2, -0.15) is 0 Å². The summed E-state index contributed by atoms with van der Waals surface area (Å²) in [6.07, 6.45) is 31.4. The first kappa shape index (κ1) is 38.9. The van der Waals surface area contributed by atoms with Crippen LogP contribution in [0.4, 0.5) is 0 Å². The van der Waals surface area contributed by atoms with E-state index >= 15 is 0 Å². The fraction of sp³-hybridized carbons (Fsp3) is 1.00. The Morgan fingerprint density at radius 2 is 0.744 bits per heavy atom. The molecule has 0 saturated heterocycles. The van der Waals surface area contributed by atoms with Gasteiger partial charge in [-0.3, -0.25) is 0 Å². The van der Waals surface area contributed by atoms with Gasteiger partial charge in [-0.1, -0.05) is 123 Å². The lowest BCUT2D eigenvalue weighted by molar-refractivity contribution is -0.920. The summed E-state index contributed by atoms with van der Waals surface area (Å²) in [6.45, 7) is 16.2. The molecule has 3 nitrogen and oxygen atoms in total. The zero-order chi connectivity index (χ0) is 29.1. The SMILES string of the molecule is CCCCCCCCCCCCN(C)CCC[N+](C)(CC)CCC[N+](C)(C)CCCCCCCCCCCC. The highest BCUT2D eigenvalue weighted by Crippen LogP contribution is 2.14. The van der Waals surface area contributed by atoms with Crippen molar-refractivity contribution in [2.24, 2.45) is 0 Å². The van der Waals surface area contributed by atoms with Crippen molar-refractivity contribution in [2.45, 2.75) is 162 Å². The van der Waals surface area contributed by atoms with Gasteiger partial charge < -0.3 is 13.9 Å². The molecule has 0 fully saturated rings. The largest absolute Gasteiger partial charge is 0.328 e. The Balaban J connectivity index is 3.81. The summed E-state index contributed by atoms with van der Waals surface area (Å²) in [5.41, 5.74) is 0. The van der Waals surface area contributed by atoms with Crippen LogP contribution in [0.25, 0.3) is 0 Å². The van der Waals surface area contributed by atoms with E-state index in [0.29, 0.717) is 0 Å². The molecule has 0 spiro atoms. The van der Waals surface area contributed by atoms with Crippen molar-refractivity contribution in [2.75, 3.05) is 74.0 Å². The lowest BCUT2D eigenvalue weighted by atomic mass is 10.1. The molecular weight excluding hydrogens is 474 g/mol. The molecule has 0 radical (unpaired) electrons. The van der Waals surface area contributed by atoms with Crippen LogP contribution in [-0.2, 0) is 0 Å². The maximum atomic E-state index is 2.59. The third kappa shape index (κ3) is 26.5. The van der Waals surface area contributed by atoms with Crippen molar-refractivity contribution < 1.29 is 8.97 Å². The molecule has 0 aromatic rings. The molecule has 0 aliphatic heterocycles. The maximum absolute atomic E-state index is 2.59. The number of rotatable bonds is 31. The normalized spacial score (nSPS) is 13.8. The Hall–Kier alpha value is -0.120. The summed E-state index contributed by atoms with van der Waals surface area (Å²) in [7, 11) is 9.78. The van der Waals surface area contributed by atoms with Crippen LogP contribution < -0.4 is 0 Å². The molecule has 236 valence electrons. The van der Waals surface area contributed by atoms with Gasteiger partial charge in [0.2, 0.25) is 0 Å². The summed E-state index contributed by atoms with van der Waals surface area (Å²) >= 11 is 0. The van der Waals surface area contributed by atoms with Gasteiger partial charge in [-0.15, -0.1) is 0 Å². The monoisotopic (exact) mass is 554 g/mol. The van der Waals surface area contributed by atoms with E-state index in [9.17, 15) is 0 Å². The van der Waals surface area contributed by atoms with Crippen LogP contribution in [0.15, 0.2) is 0 Å². The highest BCUT2D eigenvalue weighted by molar-refractivity contribution is 4.55. The van der Waals surface area contributed by atoms with E-state index in [-0.39, 0.29) is 0 Å². The molecule has 0 aromatic carbocycles. The topological polar surface area (TPSA) is 3.24 Å². The molecule has 1 atom stereocenters. The predicted molar refractivity (Wildman–Crippen MR) is 179 cm³/mol. The Labute approximate surface area is 249 Å². The molecule has 0 rings (SSSR count). The molecule has 1 unspecified atom stereocenters. The fourth-order valence-corrected chi connectivity index (χ4v) is 6.15. The maximum Gasteiger partial charge on any atom is 0.0838 e. The molecule has 0 bridgehead atoms. The molecule has 0 amide bonds. The summed E-state index contributed by atoms with van der Waals surface area (Å²) < 4.78 is 2.46. The highest BCUT2D eigenvalue weighted by Gasteiger charge is 2.22. The third-order valence-corrected chi connectivity index (χ3v) is 9.47. The van der Waals surface area contributed by atoms with E-state index in [1.165, 1.54) is 196 Å². The number of hydrogen-bond donors (Lipinski definition) is 0. The van der Waals surface area contributed by atoms with Gasteiger partial charge in [-0.25, -0.2) is 0 Å². The van der Waals surface area contributed by atoms with E-state index in [1.807, 2.05) is 0 Å². The first-order chi connectivity index (χ1) is 18.8. The van der Waals surface area contributed by atoms with Gasteiger partial charge in [0.25, 0.3) is 0 Å². The second kappa shape index (κ2) is 26.8. The molecule has 0 saturated carbocycles. The molecule has 0 aliphatic rings. The van der Waals surface area contributed by atoms with Crippen LogP contribution in [0, 0.1) is 0 Å². The van der Waals surface area contributed by atoms with Crippen molar-refractivity contribution in [3.05, 3.63) is 0 Å². The second-order valence-corrected chi connectivity index (χ2v) is 14.1. The van der Waals surface area contributed by atoms with Crippen molar-refractivity contribution in [1.82, 2.24) is 4.90 Å². The van der Waals surface area contributed by atoms with E-state index in [1.54, 1.807) is 0 Å². The van der Waals surface area contributed by atoms with Gasteiger partial charge >= 0.3 is 0 Å². The summed E-state index contributed by atoms with van der Waals surface area (Å²) in [5.74, 6) is 0. The van der Waals surface area contributed by atoms with E-state index in [0.717, 1.165) is 0 Å². The quantitative estimate of drug-likeness (QED) is 0.0609. The zero-order valence-electron chi connectivity index (χ0n) is 28.8. The van der Waals surface area contributed by atoms with Crippen LogP contribution >= 0.6 is 0 Å². The first-order valence-electron chi connectivity index (χ1n) is 18.1. The summed E-state index contributed by atoms with van der Waals surface area (Å²) in [6, 6.07) is 0. The fourth-order valence-electron chi connectivity index (χ4n) is 6.15. The van der Waals surface area contributed by atoms with Crippen molar-refractivity contribution >= 4 is 0 Å². The average molecular weight is 554 g/mol. The highest BCUT2D eigenvalue weighted by atomic mass is 15.3. The van der Waals surface area contributed by atoms with Gasteiger partial charge in [0.05, 0.1) is 53.9 Å². The van der Waals surface area contributed by atoms with E-state index < -0.39 is 0 Å². The number of hydrogen-bond acceptors (Lipinski definition) is 1. The zero-order valence-corrected chi connectivity index (χ0v) is 28.8. The van der Waals surface area contributed by atoms with Crippen LogP contribution in [0.2, 0.25) is 0 Å². The molecule has 39 heavy (non-hydrogen) atoms. The van der Waals surface area contributed by atoms with Gasteiger partial charge in [0, 0.05) is 19.4 Å². The Morgan fingerprint density at radius 1 is 0.385 bits per heavy atom. The minimum Gasteiger partial charge on any atom is -0.328 e. The summed E-state index contributed by atoms with van der Waals surface area (Å²) in [4.78, 5) is 2.59. The van der Waals surface area contributed by atoms with Gasteiger partial charge in [0.15, 0.2) is 0 Å². The van der Waals surface area contributed by atoms with E-state index in [4.69, 9.17) is 0 Å². The van der Waals surface area contributed by atoms with Crippen LogP contribution in [-0.4, -0.2) is 87.9 Å². The molecule has 0 aromatic heterocycles. The molecule has 0 N–H and O–H groups in total. The average Bonchev–Trinajstić information content (AvgIpc) is 2.90. The Morgan fingerprint density at radius 3 is 1.21 bits per heavy atom. The van der Waals surface area contributed by atoms with Crippen LogP contribution in [0.5, 0.6) is 0 Å². The lowest BCUT2D eigenvalue weighted by Crippen LogP contribution is -2.48. The number of unbranched alkanes of at least 4 members (excludes halogenated alkanes) is 18. The smallest absolute Gasteiger partial charge is 0.0838 e. The van der Waals surface area contributed by atoms with Crippen molar-refractivity contribution in [3.8, 4) is 0 Å². The lowest BCUT2D eigenvalue weighted by Gasteiger charge is -2.36. The van der Waals surface area contributed by atoms with Crippen molar-refractivity contribution in [1.29, 1.82) is 0 Å². The molecular formula is C36H79N3+2. The molecule has 0 aliphatic carbocycles. The second-order valence-electron chi connectivity index (χ2n) is 14.1. The predicted octanol–water partition coefficient (Wildman–Crippen LogP) is 10.1. The van der Waals surface area contributed by atoms with Gasteiger partial charge in [-0.05, 0) is 39.8 Å².